The number of halogens is 2. The molecule has 2 amide bonds. The molecule has 1 saturated heterocycles. The fourth-order valence-corrected chi connectivity index (χ4v) is 2.95. The second-order valence-electron chi connectivity index (χ2n) is 5.69. The van der Waals surface area contributed by atoms with E-state index in [-0.39, 0.29) is 29.1 Å². The summed E-state index contributed by atoms with van der Waals surface area (Å²) in [6.45, 7) is 0.872. The largest absolute Gasteiger partial charge is 0.472 e. The molecule has 126 valence electrons. The van der Waals surface area contributed by atoms with Gasteiger partial charge in [-0.15, -0.1) is 0 Å². The molecule has 0 spiro atoms. The summed E-state index contributed by atoms with van der Waals surface area (Å²) >= 11 is 5.72. The SMILES string of the molecule is O=C(Nc1cccc(Cl)c1F)[C@@H]1CCCN(C(=O)c2ccoc2)C1. The Morgan fingerprint density at radius 2 is 2.17 bits per heavy atom. The number of anilines is 1. The van der Waals surface area contributed by atoms with Gasteiger partial charge in [0.25, 0.3) is 5.91 Å². The molecule has 1 aromatic carbocycles. The number of nitrogens with one attached hydrogen (secondary N) is 1. The molecule has 0 unspecified atom stereocenters. The van der Waals surface area contributed by atoms with Crippen molar-refractivity contribution in [1.82, 2.24) is 4.90 Å². The van der Waals surface area contributed by atoms with Gasteiger partial charge in [-0.1, -0.05) is 17.7 Å². The number of rotatable bonds is 3. The van der Waals surface area contributed by atoms with Crippen LogP contribution >= 0.6 is 11.6 Å². The number of carbonyl (C=O) groups is 2. The molecule has 1 aliphatic rings. The summed E-state index contributed by atoms with van der Waals surface area (Å²) in [6.07, 6.45) is 4.17. The third kappa shape index (κ3) is 3.43. The molecule has 1 atom stereocenters. The smallest absolute Gasteiger partial charge is 0.257 e. The van der Waals surface area contributed by atoms with Crippen molar-refractivity contribution in [2.75, 3.05) is 18.4 Å². The molecule has 7 heteroatoms. The lowest BCUT2D eigenvalue weighted by Crippen LogP contribution is -2.43. The monoisotopic (exact) mass is 350 g/mol. The zero-order valence-corrected chi connectivity index (χ0v) is 13.6. The van der Waals surface area contributed by atoms with Gasteiger partial charge in [-0.2, -0.15) is 0 Å². The predicted molar refractivity (Wildman–Crippen MR) is 87.4 cm³/mol. The lowest BCUT2D eigenvalue weighted by atomic mass is 9.96. The summed E-state index contributed by atoms with van der Waals surface area (Å²) in [7, 11) is 0. The highest BCUT2D eigenvalue weighted by molar-refractivity contribution is 6.31. The zero-order chi connectivity index (χ0) is 17.1. The predicted octanol–water partition coefficient (Wildman–Crippen LogP) is 3.56. The molecule has 1 aromatic heterocycles. The van der Waals surface area contributed by atoms with Gasteiger partial charge in [0.05, 0.1) is 28.5 Å². The first-order valence-corrected chi connectivity index (χ1v) is 8.00. The van der Waals surface area contributed by atoms with Crippen molar-refractivity contribution in [2.45, 2.75) is 12.8 Å². The maximum absolute atomic E-state index is 13.9. The van der Waals surface area contributed by atoms with E-state index >= 15 is 0 Å². The number of piperidine rings is 1. The van der Waals surface area contributed by atoms with Gasteiger partial charge in [0.15, 0.2) is 5.82 Å². The first-order chi connectivity index (χ1) is 11.6. The minimum atomic E-state index is -0.658. The van der Waals surface area contributed by atoms with Gasteiger partial charge in [-0.3, -0.25) is 9.59 Å². The highest BCUT2D eigenvalue weighted by Gasteiger charge is 2.29. The van der Waals surface area contributed by atoms with E-state index in [1.165, 1.54) is 24.7 Å². The molecule has 5 nitrogen and oxygen atoms in total. The van der Waals surface area contributed by atoms with Crippen LogP contribution in [0, 0.1) is 11.7 Å². The summed E-state index contributed by atoms with van der Waals surface area (Å²) in [4.78, 5) is 26.4. The molecule has 2 aromatic rings. The quantitative estimate of drug-likeness (QED) is 0.920. The Balaban J connectivity index is 1.67. The van der Waals surface area contributed by atoms with Gasteiger partial charge in [0.1, 0.15) is 6.26 Å². The third-order valence-corrected chi connectivity index (χ3v) is 4.35. The minimum absolute atomic E-state index is 0.0470. The Bertz CT molecular complexity index is 748. The minimum Gasteiger partial charge on any atom is -0.472 e. The fourth-order valence-electron chi connectivity index (χ4n) is 2.78. The van der Waals surface area contributed by atoms with E-state index < -0.39 is 11.7 Å². The molecule has 2 heterocycles. The van der Waals surface area contributed by atoms with Crippen molar-refractivity contribution in [3.8, 4) is 0 Å². The lowest BCUT2D eigenvalue weighted by Gasteiger charge is -2.31. The number of hydrogen-bond donors (Lipinski definition) is 1. The Morgan fingerprint density at radius 1 is 1.33 bits per heavy atom. The molecule has 1 aliphatic heterocycles. The molecule has 0 aliphatic carbocycles. The molecule has 3 rings (SSSR count). The Kier molecular flexibility index (Phi) is 4.85. The number of likely N-dealkylation sites (tertiary alicyclic amines) is 1. The normalized spacial score (nSPS) is 17.6. The Hall–Kier alpha value is -2.34. The van der Waals surface area contributed by atoms with E-state index in [0.29, 0.717) is 24.9 Å². The van der Waals surface area contributed by atoms with E-state index in [0.717, 1.165) is 0 Å². The van der Waals surface area contributed by atoms with Crippen molar-refractivity contribution < 1.29 is 18.4 Å². The van der Waals surface area contributed by atoms with E-state index in [1.807, 2.05) is 0 Å². The first kappa shape index (κ1) is 16.5. The number of benzene rings is 1. The van der Waals surface area contributed by atoms with E-state index in [1.54, 1.807) is 17.0 Å². The van der Waals surface area contributed by atoms with Gasteiger partial charge in [-0.25, -0.2) is 4.39 Å². The zero-order valence-electron chi connectivity index (χ0n) is 12.8. The van der Waals surface area contributed by atoms with Crippen molar-refractivity contribution in [3.63, 3.8) is 0 Å². The summed E-state index contributed by atoms with van der Waals surface area (Å²) in [5, 5.41) is 2.51. The molecule has 1 N–H and O–H groups in total. The lowest BCUT2D eigenvalue weighted by molar-refractivity contribution is -0.121. The van der Waals surface area contributed by atoms with Gasteiger partial charge < -0.3 is 14.6 Å². The second-order valence-corrected chi connectivity index (χ2v) is 6.10. The molecular weight excluding hydrogens is 335 g/mol. The molecule has 0 bridgehead atoms. The summed E-state index contributed by atoms with van der Waals surface area (Å²) in [5.41, 5.74) is 0.503. The maximum Gasteiger partial charge on any atom is 0.257 e. The van der Waals surface area contributed by atoms with Crippen LogP contribution in [0.1, 0.15) is 23.2 Å². The summed E-state index contributed by atoms with van der Waals surface area (Å²) in [5.74, 6) is -1.54. The number of nitrogens with zero attached hydrogens (tertiary/aromatic N) is 1. The van der Waals surface area contributed by atoms with Crippen LogP contribution in [-0.2, 0) is 4.79 Å². The molecular formula is C17H16ClFN2O3. The van der Waals surface area contributed by atoms with Gasteiger partial charge >= 0.3 is 0 Å². The highest BCUT2D eigenvalue weighted by Crippen LogP contribution is 2.24. The topological polar surface area (TPSA) is 62.6 Å². The number of furan rings is 1. The molecule has 0 saturated carbocycles. The van der Waals surface area contributed by atoms with E-state index in [2.05, 4.69) is 5.32 Å². The average molecular weight is 351 g/mol. The average Bonchev–Trinajstić information content (AvgIpc) is 3.13. The van der Waals surface area contributed by atoms with Crippen molar-refractivity contribution in [1.29, 1.82) is 0 Å². The summed E-state index contributed by atoms with van der Waals surface area (Å²) in [6, 6.07) is 6.03. The van der Waals surface area contributed by atoms with Gasteiger partial charge in [0.2, 0.25) is 5.91 Å². The van der Waals surface area contributed by atoms with E-state index in [4.69, 9.17) is 16.0 Å². The molecule has 24 heavy (non-hydrogen) atoms. The standard InChI is InChI=1S/C17H16ClFN2O3/c18-13-4-1-5-14(15(13)19)20-16(22)11-3-2-7-21(9-11)17(23)12-6-8-24-10-12/h1,4-6,8,10-11H,2-3,7,9H2,(H,20,22)/t11-/m1/s1. The molecule has 0 radical (unpaired) electrons. The van der Waals surface area contributed by atoms with E-state index in [9.17, 15) is 14.0 Å². The van der Waals surface area contributed by atoms with Crippen LogP contribution in [0.25, 0.3) is 0 Å². The van der Waals surface area contributed by atoms with Crippen LogP contribution in [0.3, 0.4) is 0 Å². The van der Waals surface area contributed by atoms with Crippen LogP contribution < -0.4 is 5.32 Å². The van der Waals surface area contributed by atoms with Crippen LogP contribution in [0.5, 0.6) is 0 Å². The van der Waals surface area contributed by atoms with Gasteiger partial charge in [0, 0.05) is 13.1 Å². The Morgan fingerprint density at radius 3 is 2.92 bits per heavy atom. The van der Waals surface area contributed by atoms with Crippen molar-refractivity contribution in [2.24, 2.45) is 5.92 Å². The summed E-state index contributed by atoms with van der Waals surface area (Å²) < 4.78 is 18.8. The third-order valence-electron chi connectivity index (χ3n) is 4.06. The van der Waals surface area contributed by atoms with Gasteiger partial charge in [-0.05, 0) is 31.0 Å². The van der Waals surface area contributed by atoms with Crippen LogP contribution in [-0.4, -0.2) is 29.8 Å². The molecule has 1 fully saturated rings. The fraction of sp³-hybridized carbons (Fsp3) is 0.294. The second kappa shape index (κ2) is 7.05. The first-order valence-electron chi connectivity index (χ1n) is 7.62. The number of amides is 2. The van der Waals surface area contributed by atoms with Crippen LogP contribution in [0.15, 0.2) is 41.2 Å². The van der Waals surface area contributed by atoms with Crippen molar-refractivity contribution in [3.05, 3.63) is 53.2 Å². The van der Waals surface area contributed by atoms with Crippen LogP contribution in [0.2, 0.25) is 5.02 Å². The maximum atomic E-state index is 13.9. The number of hydrogen-bond acceptors (Lipinski definition) is 3. The highest BCUT2D eigenvalue weighted by atomic mass is 35.5. The Labute approximate surface area is 143 Å². The number of carbonyl (C=O) groups excluding carboxylic acids is 2. The van der Waals surface area contributed by atoms with Crippen molar-refractivity contribution >= 4 is 29.1 Å². The van der Waals surface area contributed by atoms with Crippen LogP contribution in [0.4, 0.5) is 10.1 Å².